The third-order valence-electron chi connectivity index (χ3n) is 4.25. The predicted octanol–water partition coefficient (Wildman–Crippen LogP) is 3.45. The number of fused-ring (bicyclic) bond motifs is 2. The molecule has 2 aliphatic rings. The number of ether oxygens (including phenoxy) is 2. The Bertz CT molecular complexity index is 641. The molecular weight excluding hydrogens is 282 g/mol. The lowest BCUT2D eigenvalue weighted by molar-refractivity contribution is 0.171. The van der Waals surface area contributed by atoms with E-state index in [-0.39, 0.29) is 6.04 Å². The van der Waals surface area contributed by atoms with Gasteiger partial charge in [-0.05, 0) is 55.0 Å². The van der Waals surface area contributed by atoms with Crippen molar-refractivity contribution in [3.05, 3.63) is 45.1 Å². The van der Waals surface area contributed by atoms with Crippen LogP contribution in [0.25, 0.3) is 0 Å². The van der Waals surface area contributed by atoms with Gasteiger partial charge in [0.25, 0.3) is 0 Å². The largest absolute Gasteiger partial charge is 0.486 e. The fraction of sp³-hybridized carbons (Fsp3) is 0.412. The van der Waals surface area contributed by atoms with Gasteiger partial charge in [-0.3, -0.25) is 0 Å². The average Bonchev–Trinajstić information content (AvgIpc) is 2.97. The summed E-state index contributed by atoms with van der Waals surface area (Å²) < 4.78 is 11.2. The van der Waals surface area contributed by atoms with Gasteiger partial charge in [0.2, 0.25) is 0 Å². The Labute approximate surface area is 128 Å². The highest BCUT2D eigenvalue weighted by Gasteiger charge is 2.20. The molecule has 0 saturated carbocycles. The van der Waals surface area contributed by atoms with Crippen molar-refractivity contribution >= 4 is 11.3 Å². The van der Waals surface area contributed by atoms with E-state index in [0.717, 1.165) is 17.1 Å². The molecule has 2 heterocycles. The van der Waals surface area contributed by atoms with E-state index in [1.807, 2.05) is 23.5 Å². The first-order valence-corrected chi connectivity index (χ1v) is 8.39. The molecule has 110 valence electrons. The topological polar surface area (TPSA) is 44.5 Å². The Balaban J connectivity index is 1.64. The predicted molar refractivity (Wildman–Crippen MR) is 84.4 cm³/mol. The molecule has 4 rings (SSSR count). The standard InChI is InChI=1S/C17H19NO2S/c18-17(16-10-11-3-1-2-4-15(11)21-16)12-5-6-13-14(9-12)20-8-7-19-13/h5-6,9-10,17H,1-4,7-8,18H2. The van der Waals surface area contributed by atoms with Gasteiger partial charge in [-0.2, -0.15) is 0 Å². The minimum Gasteiger partial charge on any atom is -0.486 e. The van der Waals surface area contributed by atoms with Crippen LogP contribution >= 0.6 is 11.3 Å². The highest BCUT2D eigenvalue weighted by Crippen LogP contribution is 2.37. The molecule has 0 fully saturated rings. The summed E-state index contributed by atoms with van der Waals surface area (Å²) in [5, 5.41) is 0. The zero-order valence-electron chi connectivity index (χ0n) is 11.9. The van der Waals surface area contributed by atoms with Gasteiger partial charge >= 0.3 is 0 Å². The van der Waals surface area contributed by atoms with Crippen LogP contribution in [-0.2, 0) is 12.8 Å². The summed E-state index contributed by atoms with van der Waals surface area (Å²) in [6.45, 7) is 1.23. The summed E-state index contributed by atoms with van der Waals surface area (Å²) in [4.78, 5) is 2.79. The van der Waals surface area contributed by atoms with Crippen molar-refractivity contribution in [2.75, 3.05) is 13.2 Å². The van der Waals surface area contributed by atoms with E-state index in [0.29, 0.717) is 13.2 Å². The second-order valence-electron chi connectivity index (χ2n) is 5.69. The molecule has 1 aliphatic carbocycles. The molecule has 2 aromatic rings. The Kier molecular flexibility index (Phi) is 3.36. The number of aryl methyl sites for hydroxylation is 2. The fourth-order valence-electron chi connectivity index (χ4n) is 3.08. The van der Waals surface area contributed by atoms with E-state index < -0.39 is 0 Å². The van der Waals surface area contributed by atoms with Crippen LogP contribution in [0.5, 0.6) is 11.5 Å². The summed E-state index contributed by atoms with van der Waals surface area (Å²) in [5.41, 5.74) is 9.08. The molecule has 1 aromatic carbocycles. The smallest absolute Gasteiger partial charge is 0.161 e. The van der Waals surface area contributed by atoms with Crippen LogP contribution in [0.4, 0.5) is 0 Å². The lowest BCUT2D eigenvalue weighted by Crippen LogP contribution is -2.16. The molecular formula is C17H19NO2S. The van der Waals surface area contributed by atoms with E-state index in [4.69, 9.17) is 15.2 Å². The number of thiophene rings is 1. The monoisotopic (exact) mass is 301 g/mol. The van der Waals surface area contributed by atoms with E-state index >= 15 is 0 Å². The van der Waals surface area contributed by atoms with Crippen molar-refractivity contribution in [2.45, 2.75) is 31.7 Å². The first-order chi connectivity index (χ1) is 10.3. The first kappa shape index (κ1) is 13.2. The van der Waals surface area contributed by atoms with Crippen LogP contribution in [0.2, 0.25) is 0 Å². The number of hydrogen-bond acceptors (Lipinski definition) is 4. The molecule has 1 aliphatic heterocycles. The van der Waals surface area contributed by atoms with Gasteiger partial charge in [0.1, 0.15) is 13.2 Å². The summed E-state index contributed by atoms with van der Waals surface area (Å²) in [6, 6.07) is 8.28. The zero-order chi connectivity index (χ0) is 14.2. The lowest BCUT2D eigenvalue weighted by Gasteiger charge is -2.20. The van der Waals surface area contributed by atoms with Crippen LogP contribution < -0.4 is 15.2 Å². The van der Waals surface area contributed by atoms with Crippen LogP contribution in [0.1, 0.15) is 39.8 Å². The Morgan fingerprint density at radius 3 is 2.67 bits per heavy atom. The second kappa shape index (κ2) is 5.35. The third kappa shape index (κ3) is 2.43. The Morgan fingerprint density at radius 2 is 1.81 bits per heavy atom. The van der Waals surface area contributed by atoms with Crippen LogP contribution in [0.3, 0.4) is 0 Å². The summed E-state index contributed by atoms with van der Waals surface area (Å²) >= 11 is 1.88. The molecule has 0 saturated heterocycles. The zero-order valence-corrected chi connectivity index (χ0v) is 12.7. The van der Waals surface area contributed by atoms with E-state index in [1.165, 1.54) is 41.0 Å². The minimum atomic E-state index is -0.0728. The maximum absolute atomic E-state index is 6.48. The van der Waals surface area contributed by atoms with Crippen molar-refractivity contribution in [2.24, 2.45) is 5.73 Å². The van der Waals surface area contributed by atoms with E-state index in [9.17, 15) is 0 Å². The van der Waals surface area contributed by atoms with Gasteiger partial charge in [-0.15, -0.1) is 11.3 Å². The molecule has 0 bridgehead atoms. The van der Waals surface area contributed by atoms with Crippen molar-refractivity contribution in [3.63, 3.8) is 0 Å². The van der Waals surface area contributed by atoms with E-state index in [1.54, 1.807) is 0 Å². The van der Waals surface area contributed by atoms with Crippen LogP contribution in [0, 0.1) is 0 Å². The van der Waals surface area contributed by atoms with Crippen molar-refractivity contribution in [1.29, 1.82) is 0 Å². The fourth-order valence-corrected chi connectivity index (χ4v) is 4.37. The summed E-state index contributed by atoms with van der Waals surface area (Å²) in [5.74, 6) is 1.64. The maximum Gasteiger partial charge on any atom is 0.161 e. The van der Waals surface area contributed by atoms with Gasteiger partial charge in [-0.25, -0.2) is 0 Å². The van der Waals surface area contributed by atoms with Gasteiger partial charge in [0.15, 0.2) is 11.5 Å². The van der Waals surface area contributed by atoms with Crippen molar-refractivity contribution < 1.29 is 9.47 Å². The number of hydrogen-bond donors (Lipinski definition) is 1. The average molecular weight is 301 g/mol. The molecule has 3 nitrogen and oxygen atoms in total. The summed E-state index contributed by atoms with van der Waals surface area (Å²) in [6.07, 6.45) is 5.04. The number of nitrogens with two attached hydrogens (primary N) is 1. The van der Waals surface area contributed by atoms with Gasteiger partial charge in [0, 0.05) is 9.75 Å². The molecule has 21 heavy (non-hydrogen) atoms. The molecule has 0 radical (unpaired) electrons. The van der Waals surface area contributed by atoms with Crippen LogP contribution in [0.15, 0.2) is 24.3 Å². The first-order valence-electron chi connectivity index (χ1n) is 7.58. The van der Waals surface area contributed by atoms with Gasteiger partial charge < -0.3 is 15.2 Å². The number of rotatable bonds is 2. The third-order valence-corrected chi connectivity index (χ3v) is 5.57. The normalized spacial score (nSPS) is 18.1. The number of benzene rings is 1. The summed E-state index contributed by atoms with van der Waals surface area (Å²) in [7, 11) is 0. The molecule has 1 atom stereocenters. The molecule has 1 unspecified atom stereocenters. The lowest BCUT2D eigenvalue weighted by atomic mass is 9.98. The molecule has 0 amide bonds. The minimum absolute atomic E-state index is 0.0728. The molecule has 1 aromatic heterocycles. The SMILES string of the molecule is NC(c1ccc2c(c1)OCCO2)c1cc2c(s1)CCCC2. The Hall–Kier alpha value is -1.52. The van der Waals surface area contributed by atoms with E-state index in [2.05, 4.69) is 12.1 Å². The molecule has 0 spiro atoms. The van der Waals surface area contributed by atoms with Crippen LogP contribution in [-0.4, -0.2) is 13.2 Å². The molecule has 2 N–H and O–H groups in total. The highest BCUT2D eigenvalue weighted by molar-refractivity contribution is 7.12. The maximum atomic E-state index is 6.48. The highest BCUT2D eigenvalue weighted by atomic mass is 32.1. The molecule has 4 heteroatoms. The second-order valence-corrected chi connectivity index (χ2v) is 6.85. The van der Waals surface area contributed by atoms with Gasteiger partial charge in [-0.1, -0.05) is 6.07 Å². The quantitative estimate of drug-likeness (QED) is 0.924. The van der Waals surface area contributed by atoms with Crippen molar-refractivity contribution in [3.8, 4) is 11.5 Å². The Morgan fingerprint density at radius 1 is 1.00 bits per heavy atom. The van der Waals surface area contributed by atoms with Crippen molar-refractivity contribution in [1.82, 2.24) is 0 Å². The van der Waals surface area contributed by atoms with Gasteiger partial charge in [0.05, 0.1) is 6.04 Å².